The number of hydrogen-bond acceptors (Lipinski definition) is 3. The summed E-state index contributed by atoms with van der Waals surface area (Å²) in [6.07, 6.45) is 0. The quantitative estimate of drug-likeness (QED) is 0.749. The maximum atomic E-state index is 12.3. The molecule has 0 saturated heterocycles. The number of amides is 1. The molecule has 0 aliphatic rings. The molecule has 3 aromatic rings. The van der Waals surface area contributed by atoms with Crippen LogP contribution >= 0.6 is 0 Å². The van der Waals surface area contributed by atoms with Crippen molar-refractivity contribution in [1.29, 1.82) is 0 Å². The highest BCUT2D eigenvalue weighted by molar-refractivity contribution is 6.06. The molecule has 3 rings (SSSR count). The summed E-state index contributed by atoms with van der Waals surface area (Å²) in [4.78, 5) is 12.3. The van der Waals surface area contributed by atoms with Gasteiger partial charge in [0.25, 0.3) is 5.91 Å². The molecule has 0 heterocycles. The minimum absolute atomic E-state index is 0.0635. The van der Waals surface area contributed by atoms with Crippen LogP contribution in [0.2, 0.25) is 0 Å². The zero-order valence-corrected chi connectivity index (χ0v) is 12.3. The zero-order valence-electron chi connectivity index (χ0n) is 12.3. The Morgan fingerprint density at radius 2 is 1.48 bits per heavy atom. The average Bonchev–Trinajstić information content (AvgIpc) is 2.58. The van der Waals surface area contributed by atoms with Crippen molar-refractivity contribution in [2.75, 3.05) is 5.32 Å². The second-order valence-electron chi connectivity index (χ2n) is 4.88. The van der Waals surface area contributed by atoms with E-state index in [2.05, 4.69) is 5.32 Å². The summed E-state index contributed by atoms with van der Waals surface area (Å²) in [5.74, 6) is 0.748. The summed E-state index contributed by atoms with van der Waals surface area (Å²) >= 11 is 0. The van der Waals surface area contributed by atoms with Crippen LogP contribution in [0, 0.1) is 0 Å². The highest BCUT2D eigenvalue weighted by Gasteiger charge is 2.13. The molecule has 23 heavy (non-hydrogen) atoms. The largest absolute Gasteiger partial charge is 0.507 e. The molecule has 0 spiro atoms. The normalized spacial score (nSPS) is 10.1. The maximum absolute atomic E-state index is 12.3. The number of hydrogen-bond donors (Lipinski definition) is 2. The molecule has 2 N–H and O–H groups in total. The van der Waals surface area contributed by atoms with Gasteiger partial charge in [-0.15, -0.1) is 0 Å². The second-order valence-corrected chi connectivity index (χ2v) is 4.88. The molecule has 3 aromatic carbocycles. The van der Waals surface area contributed by atoms with E-state index in [4.69, 9.17) is 4.74 Å². The highest BCUT2D eigenvalue weighted by Crippen LogP contribution is 2.30. The first-order valence-corrected chi connectivity index (χ1v) is 7.15. The number of ether oxygens (including phenoxy) is 1. The number of anilines is 1. The molecule has 1 amide bonds. The van der Waals surface area contributed by atoms with Gasteiger partial charge in [0.1, 0.15) is 11.5 Å². The zero-order chi connectivity index (χ0) is 16.1. The van der Waals surface area contributed by atoms with Gasteiger partial charge in [-0.3, -0.25) is 4.79 Å². The van der Waals surface area contributed by atoms with E-state index in [0.717, 1.165) is 0 Å². The lowest BCUT2D eigenvalue weighted by Crippen LogP contribution is -2.12. The Kier molecular flexibility index (Phi) is 4.25. The minimum Gasteiger partial charge on any atom is -0.507 e. The SMILES string of the molecule is O=C(Nc1ccccc1Oc1ccccc1)c1ccccc1O. The topological polar surface area (TPSA) is 58.6 Å². The summed E-state index contributed by atoms with van der Waals surface area (Å²) in [5, 5.41) is 12.5. The summed E-state index contributed by atoms with van der Waals surface area (Å²) in [6, 6.07) is 22.9. The average molecular weight is 305 g/mol. The van der Waals surface area contributed by atoms with E-state index >= 15 is 0 Å². The van der Waals surface area contributed by atoms with Crippen molar-refractivity contribution in [2.45, 2.75) is 0 Å². The number of phenolic OH excluding ortho intramolecular Hbond substituents is 1. The van der Waals surface area contributed by atoms with Crippen LogP contribution in [-0.4, -0.2) is 11.0 Å². The van der Waals surface area contributed by atoms with Crippen LogP contribution in [0.4, 0.5) is 5.69 Å². The lowest BCUT2D eigenvalue weighted by molar-refractivity contribution is 0.102. The van der Waals surface area contributed by atoms with Gasteiger partial charge in [0, 0.05) is 0 Å². The molecule has 0 bridgehead atoms. The van der Waals surface area contributed by atoms with Crippen molar-refractivity contribution in [1.82, 2.24) is 0 Å². The molecule has 0 aliphatic carbocycles. The van der Waals surface area contributed by atoms with E-state index in [1.807, 2.05) is 36.4 Å². The van der Waals surface area contributed by atoms with Crippen LogP contribution in [0.1, 0.15) is 10.4 Å². The van der Waals surface area contributed by atoms with E-state index in [0.29, 0.717) is 17.2 Å². The molecule has 0 fully saturated rings. The van der Waals surface area contributed by atoms with Gasteiger partial charge in [0.2, 0.25) is 0 Å². The Bertz CT molecular complexity index is 816. The van der Waals surface area contributed by atoms with Gasteiger partial charge in [0.05, 0.1) is 11.3 Å². The fraction of sp³-hybridized carbons (Fsp3) is 0. The Morgan fingerprint density at radius 3 is 2.26 bits per heavy atom. The summed E-state index contributed by atoms with van der Waals surface area (Å²) < 4.78 is 5.80. The van der Waals surface area contributed by atoms with Crippen molar-refractivity contribution >= 4 is 11.6 Å². The number of aromatic hydroxyl groups is 1. The number of carbonyl (C=O) groups is 1. The number of benzene rings is 3. The smallest absolute Gasteiger partial charge is 0.259 e. The molecule has 0 atom stereocenters. The van der Waals surface area contributed by atoms with Gasteiger partial charge in [-0.1, -0.05) is 42.5 Å². The van der Waals surface area contributed by atoms with Crippen LogP contribution < -0.4 is 10.1 Å². The standard InChI is InChI=1S/C19H15NO3/c21-17-12-6-4-10-15(17)19(22)20-16-11-5-7-13-18(16)23-14-8-2-1-3-9-14/h1-13,21H,(H,20,22). The fourth-order valence-electron chi connectivity index (χ4n) is 2.13. The molecule has 0 saturated carbocycles. The lowest BCUT2D eigenvalue weighted by Gasteiger charge is -2.12. The summed E-state index contributed by atoms with van der Waals surface area (Å²) in [6.45, 7) is 0. The van der Waals surface area contributed by atoms with Gasteiger partial charge in [-0.05, 0) is 36.4 Å². The Balaban J connectivity index is 1.84. The predicted octanol–water partition coefficient (Wildman–Crippen LogP) is 4.44. The van der Waals surface area contributed by atoms with Crippen LogP contribution in [0.15, 0.2) is 78.9 Å². The summed E-state index contributed by atoms with van der Waals surface area (Å²) in [5.41, 5.74) is 0.742. The Labute approximate surface area is 134 Å². The number of carbonyl (C=O) groups excluding carboxylic acids is 1. The highest BCUT2D eigenvalue weighted by atomic mass is 16.5. The molecule has 4 nitrogen and oxygen atoms in total. The summed E-state index contributed by atoms with van der Waals surface area (Å²) in [7, 11) is 0. The third-order valence-corrected chi connectivity index (χ3v) is 3.25. The molecule has 0 aliphatic heterocycles. The number of nitrogens with one attached hydrogen (secondary N) is 1. The number of phenols is 1. The van der Waals surface area contributed by atoms with E-state index in [9.17, 15) is 9.90 Å². The van der Waals surface area contributed by atoms with Crippen LogP contribution in [-0.2, 0) is 0 Å². The van der Waals surface area contributed by atoms with E-state index in [1.54, 1.807) is 36.4 Å². The van der Waals surface area contributed by atoms with Crippen molar-refractivity contribution < 1.29 is 14.6 Å². The van der Waals surface area contributed by atoms with Crippen molar-refractivity contribution in [3.05, 3.63) is 84.4 Å². The molecule has 0 unspecified atom stereocenters. The molecular formula is C19H15NO3. The third kappa shape index (κ3) is 3.49. The molecule has 0 radical (unpaired) electrons. The molecule has 4 heteroatoms. The second kappa shape index (κ2) is 6.66. The molecular weight excluding hydrogens is 290 g/mol. The lowest BCUT2D eigenvalue weighted by atomic mass is 10.2. The van der Waals surface area contributed by atoms with Crippen molar-refractivity contribution in [3.8, 4) is 17.2 Å². The van der Waals surface area contributed by atoms with Gasteiger partial charge >= 0.3 is 0 Å². The third-order valence-electron chi connectivity index (χ3n) is 3.25. The molecule has 0 aromatic heterocycles. The van der Waals surface area contributed by atoms with Crippen LogP contribution in [0.5, 0.6) is 17.2 Å². The fourth-order valence-corrected chi connectivity index (χ4v) is 2.13. The predicted molar refractivity (Wildman–Crippen MR) is 89.0 cm³/mol. The number of para-hydroxylation sites is 4. The van der Waals surface area contributed by atoms with Crippen LogP contribution in [0.3, 0.4) is 0 Å². The first-order chi connectivity index (χ1) is 11.2. The Hall–Kier alpha value is -3.27. The van der Waals surface area contributed by atoms with E-state index in [1.165, 1.54) is 6.07 Å². The monoisotopic (exact) mass is 305 g/mol. The van der Waals surface area contributed by atoms with E-state index in [-0.39, 0.29) is 11.3 Å². The van der Waals surface area contributed by atoms with Crippen molar-refractivity contribution in [3.63, 3.8) is 0 Å². The van der Waals surface area contributed by atoms with Crippen molar-refractivity contribution in [2.24, 2.45) is 0 Å². The van der Waals surface area contributed by atoms with Gasteiger partial charge in [-0.25, -0.2) is 0 Å². The van der Waals surface area contributed by atoms with Crippen LogP contribution in [0.25, 0.3) is 0 Å². The number of rotatable bonds is 4. The van der Waals surface area contributed by atoms with Gasteiger partial charge < -0.3 is 15.2 Å². The first-order valence-electron chi connectivity index (χ1n) is 7.15. The minimum atomic E-state index is -0.396. The molecule has 114 valence electrons. The first kappa shape index (κ1) is 14.7. The maximum Gasteiger partial charge on any atom is 0.259 e. The van der Waals surface area contributed by atoms with Gasteiger partial charge in [-0.2, -0.15) is 0 Å². The van der Waals surface area contributed by atoms with E-state index < -0.39 is 5.91 Å². The Morgan fingerprint density at radius 1 is 0.826 bits per heavy atom. The van der Waals surface area contributed by atoms with Gasteiger partial charge in [0.15, 0.2) is 5.75 Å².